The van der Waals surface area contributed by atoms with Crippen LogP contribution in [0.25, 0.3) is 0 Å². The molecule has 0 radical (unpaired) electrons. The average molecular weight is 397 g/mol. The fraction of sp³-hybridized carbons (Fsp3) is 0.478. The molecule has 3 amide bonds. The Morgan fingerprint density at radius 1 is 1.21 bits per heavy atom. The molecule has 1 saturated carbocycles. The van der Waals surface area contributed by atoms with Gasteiger partial charge in [-0.15, -0.1) is 0 Å². The van der Waals surface area contributed by atoms with Gasteiger partial charge in [0.2, 0.25) is 5.91 Å². The Labute approximate surface area is 173 Å². The first-order valence-electron chi connectivity index (χ1n) is 10.3. The average Bonchev–Trinajstić information content (AvgIpc) is 3.41. The van der Waals surface area contributed by atoms with Gasteiger partial charge >= 0.3 is 6.03 Å². The molecule has 1 N–H and O–H groups in total. The summed E-state index contributed by atoms with van der Waals surface area (Å²) in [4.78, 5) is 29.6. The number of nitrogens with one attached hydrogen (secondary N) is 1. The van der Waals surface area contributed by atoms with Gasteiger partial charge in [-0.2, -0.15) is 0 Å². The van der Waals surface area contributed by atoms with E-state index in [9.17, 15) is 9.59 Å². The molecule has 1 aliphatic carbocycles. The van der Waals surface area contributed by atoms with Crippen LogP contribution in [0, 0.1) is 13.8 Å². The van der Waals surface area contributed by atoms with Crippen LogP contribution < -0.4 is 5.32 Å². The number of carbonyl (C=O) groups excluding carboxylic acids is 2. The SMILES string of the molecule is Cc1ccc(NC(=O)N(CC(=O)N(Cc2cccn2C)C2CC2)C(C)C)c(C)c1. The second-order valence-electron chi connectivity index (χ2n) is 8.33. The summed E-state index contributed by atoms with van der Waals surface area (Å²) < 4.78 is 2.04. The summed E-state index contributed by atoms with van der Waals surface area (Å²) in [5.41, 5.74) is 4.04. The van der Waals surface area contributed by atoms with Crippen LogP contribution in [0.3, 0.4) is 0 Å². The molecular weight excluding hydrogens is 364 g/mol. The quantitative estimate of drug-likeness (QED) is 0.767. The normalized spacial score (nSPS) is 13.4. The molecule has 2 aromatic rings. The summed E-state index contributed by atoms with van der Waals surface area (Å²) in [6, 6.07) is 9.91. The predicted molar refractivity (Wildman–Crippen MR) is 116 cm³/mol. The third-order valence-corrected chi connectivity index (χ3v) is 5.50. The lowest BCUT2D eigenvalue weighted by atomic mass is 10.1. The van der Waals surface area contributed by atoms with Crippen LogP contribution >= 0.6 is 0 Å². The molecule has 3 rings (SSSR count). The summed E-state index contributed by atoms with van der Waals surface area (Å²) in [6.07, 6.45) is 4.06. The van der Waals surface area contributed by atoms with Crippen molar-refractivity contribution in [2.75, 3.05) is 11.9 Å². The number of aromatic nitrogens is 1. The summed E-state index contributed by atoms with van der Waals surface area (Å²) in [7, 11) is 1.99. The molecule has 0 unspecified atom stereocenters. The third kappa shape index (κ3) is 5.19. The van der Waals surface area contributed by atoms with Crippen molar-refractivity contribution in [3.05, 3.63) is 53.3 Å². The monoisotopic (exact) mass is 396 g/mol. The van der Waals surface area contributed by atoms with Crippen LogP contribution in [-0.4, -0.2) is 44.9 Å². The van der Waals surface area contributed by atoms with Crippen molar-refractivity contribution in [1.82, 2.24) is 14.4 Å². The zero-order valence-electron chi connectivity index (χ0n) is 18.1. The fourth-order valence-corrected chi connectivity index (χ4v) is 3.51. The highest BCUT2D eigenvalue weighted by atomic mass is 16.2. The van der Waals surface area contributed by atoms with Gasteiger partial charge in [0.05, 0.1) is 6.54 Å². The lowest BCUT2D eigenvalue weighted by Crippen LogP contribution is -2.48. The summed E-state index contributed by atoms with van der Waals surface area (Å²) in [5.74, 6) is -0.00169. The van der Waals surface area contributed by atoms with Crippen LogP contribution in [0.5, 0.6) is 0 Å². The molecule has 1 aliphatic rings. The van der Waals surface area contributed by atoms with E-state index in [0.29, 0.717) is 6.54 Å². The highest BCUT2D eigenvalue weighted by molar-refractivity contribution is 5.93. The lowest BCUT2D eigenvalue weighted by molar-refractivity contribution is -0.133. The van der Waals surface area contributed by atoms with Crippen molar-refractivity contribution in [3.8, 4) is 0 Å². The minimum atomic E-state index is -0.241. The molecule has 0 spiro atoms. The van der Waals surface area contributed by atoms with Crippen LogP contribution in [0.15, 0.2) is 36.5 Å². The lowest BCUT2D eigenvalue weighted by Gasteiger charge is -2.30. The number of nitrogens with zero attached hydrogens (tertiary/aromatic N) is 3. The largest absolute Gasteiger partial charge is 0.353 e. The zero-order valence-corrected chi connectivity index (χ0v) is 18.1. The van der Waals surface area contributed by atoms with Gasteiger partial charge in [-0.1, -0.05) is 17.7 Å². The van der Waals surface area contributed by atoms with Crippen LogP contribution in [-0.2, 0) is 18.4 Å². The van der Waals surface area contributed by atoms with Crippen molar-refractivity contribution < 1.29 is 9.59 Å². The van der Waals surface area contributed by atoms with Gasteiger partial charge in [-0.3, -0.25) is 4.79 Å². The molecule has 1 heterocycles. The summed E-state index contributed by atoms with van der Waals surface area (Å²) in [5, 5.41) is 2.97. The Bertz CT molecular complexity index is 883. The van der Waals surface area contributed by atoms with E-state index < -0.39 is 0 Å². The Morgan fingerprint density at radius 2 is 1.93 bits per heavy atom. The van der Waals surface area contributed by atoms with Gasteiger partial charge in [0.1, 0.15) is 6.54 Å². The topological polar surface area (TPSA) is 57.6 Å². The van der Waals surface area contributed by atoms with E-state index in [2.05, 4.69) is 5.32 Å². The molecule has 1 aromatic heterocycles. The Morgan fingerprint density at radius 3 is 2.48 bits per heavy atom. The Hall–Kier alpha value is -2.76. The number of rotatable bonds is 7. The van der Waals surface area contributed by atoms with Crippen LogP contribution in [0.1, 0.15) is 43.5 Å². The van der Waals surface area contributed by atoms with E-state index in [1.165, 1.54) is 0 Å². The van der Waals surface area contributed by atoms with E-state index in [4.69, 9.17) is 0 Å². The molecule has 0 saturated heterocycles. The Kier molecular flexibility index (Phi) is 6.30. The molecule has 1 aromatic carbocycles. The second-order valence-corrected chi connectivity index (χ2v) is 8.33. The van der Waals surface area contributed by atoms with Gasteiger partial charge < -0.3 is 19.7 Å². The number of hydrogen-bond acceptors (Lipinski definition) is 2. The van der Waals surface area contributed by atoms with Crippen molar-refractivity contribution in [2.24, 2.45) is 7.05 Å². The predicted octanol–water partition coefficient (Wildman–Crippen LogP) is 4.08. The maximum absolute atomic E-state index is 13.1. The highest BCUT2D eigenvalue weighted by Crippen LogP contribution is 2.29. The smallest absolute Gasteiger partial charge is 0.322 e. The van der Waals surface area contributed by atoms with Crippen molar-refractivity contribution in [3.63, 3.8) is 0 Å². The number of aryl methyl sites for hydroxylation is 3. The fourth-order valence-electron chi connectivity index (χ4n) is 3.51. The maximum atomic E-state index is 13.1. The number of urea groups is 1. The minimum absolute atomic E-state index is 0.00169. The molecule has 29 heavy (non-hydrogen) atoms. The number of benzene rings is 1. The maximum Gasteiger partial charge on any atom is 0.322 e. The molecule has 0 aliphatic heterocycles. The number of anilines is 1. The van der Waals surface area contributed by atoms with Crippen molar-refractivity contribution >= 4 is 17.6 Å². The number of hydrogen-bond donors (Lipinski definition) is 1. The van der Waals surface area contributed by atoms with E-state index in [1.807, 2.05) is 80.7 Å². The van der Waals surface area contributed by atoms with Crippen molar-refractivity contribution in [1.29, 1.82) is 0 Å². The van der Waals surface area contributed by atoms with E-state index >= 15 is 0 Å². The van der Waals surface area contributed by atoms with Gasteiger partial charge in [-0.25, -0.2) is 4.79 Å². The van der Waals surface area contributed by atoms with Crippen molar-refractivity contribution in [2.45, 2.75) is 59.2 Å². The first-order chi connectivity index (χ1) is 13.8. The standard InChI is InChI=1S/C23H32N4O2/c1-16(2)26(23(29)24-21-11-8-17(3)13-18(21)4)15-22(28)27(19-9-10-19)14-20-7-6-12-25(20)5/h6-8,11-13,16,19H,9-10,14-15H2,1-5H3,(H,24,29). The van der Waals surface area contributed by atoms with E-state index in [1.54, 1.807) is 4.90 Å². The van der Waals surface area contributed by atoms with Crippen LogP contribution in [0.4, 0.5) is 10.5 Å². The van der Waals surface area contributed by atoms with Crippen LogP contribution in [0.2, 0.25) is 0 Å². The molecule has 156 valence electrons. The molecule has 6 nitrogen and oxygen atoms in total. The van der Waals surface area contributed by atoms with E-state index in [0.717, 1.165) is 35.3 Å². The molecule has 0 bridgehead atoms. The first-order valence-corrected chi connectivity index (χ1v) is 10.3. The Balaban J connectivity index is 1.70. The number of carbonyl (C=O) groups is 2. The van der Waals surface area contributed by atoms with Gasteiger partial charge in [0.15, 0.2) is 0 Å². The molecule has 1 fully saturated rings. The zero-order chi connectivity index (χ0) is 21.1. The summed E-state index contributed by atoms with van der Waals surface area (Å²) >= 11 is 0. The minimum Gasteiger partial charge on any atom is -0.353 e. The van der Waals surface area contributed by atoms with Gasteiger partial charge in [-0.05, 0) is 64.3 Å². The third-order valence-electron chi connectivity index (χ3n) is 5.50. The first kappa shape index (κ1) is 21.0. The van der Waals surface area contributed by atoms with E-state index in [-0.39, 0.29) is 30.6 Å². The van der Waals surface area contributed by atoms with Gasteiger partial charge in [0.25, 0.3) is 0 Å². The second kappa shape index (κ2) is 8.72. The number of amides is 3. The molecular formula is C23H32N4O2. The highest BCUT2D eigenvalue weighted by Gasteiger charge is 2.34. The van der Waals surface area contributed by atoms with Gasteiger partial charge in [0, 0.05) is 36.7 Å². The molecule has 0 atom stereocenters. The summed E-state index contributed by atoms with van der Waals surface area (Å²) in [6.45, 7) is 8.53. The molecule has 6 heteroatoms.